The van der Waals surface area contributed by atoms with Crippen LogP contribution in [0, 0.1) is 0 Å². The molecule has 0 aliphatic carbocycles. The van der Waals surface area contributed by atoms with Crippen molar-refractivity contribution in [3.05, 3.63) is 200 Å². The summed E-state index contributed by atoms with van der Waals surface area (Å²) in [5.41, 5.74) is 12.9. The van der Waals surface area contributed by atoms with Gasteiger partial charge < -0.3 is 9.80 Å². The number of nitrogens with zero attached hydrogens (tertiary/aromatic N) is 2. The first kappa shape index (κ1) is 30.0. The van der Waals surface area contributed by atoms with Crippen molar-refractivity contribution < 1.29 is 0 Å². The van der Waals surface area contributed by atoms with E-state index < -0.39 is 0 Å². The van der Waals surface area contributed by atoms with E-state index in [1.807, 2.05) is 0 Å². The molecule has 0 saturated carbocycles. The third-order valence-corrected chi connectivity index (χ3v) is 9.29. The van der Waals surface area contributed by atoms with E-state index in [-0.39, 0.29) is 0 Å². The smallest absolute Gasteiger partial charge is 0.0540 e. The number of anilines is 5. The second-order valence-electron chi connectivity index (χ2n) is 12.3. The molecule has 49 heavy (non-hydrogen) atoms. The third-order valence-electron chi connectivity index (χ3n) is 9.29. The van der Waals surface area contributed by atoms with Crippen molar-refractivity contribution in [2.45, 2.75) is 0 Å². The Morgan fingerprint density at radius 1 is 0.306 bits per heavy atom. The maximum atomic E-state index is 2.36. The molecule has 2 nitrogen and oxygen atoms in total. The van der Waals surface area contributed by atoms with Crippen LogP contribution in [0.5, 0.6) is 0 Å². The van der Waals surface area contributed by atoms with Gasteiger partial charge in [0.1, 0.15) is 0 Å². The zero-order valence-corrected chi connectivity index (χ0v) is 27.4. The average molecular weight is 629 g/mol. The molecule has 8 aromatic carbocycles. The van der Waals surface area contributed by atoms with Gasteiger partial charge in [0.25, 0.3) is 0 Å². The molecule has 0 atom stereocenters. The van der Waals surface area contributed by atoms with Gasteiger partial charge in [-0.2, -0.15) is 0 Å². The fourth-order valence-electron chi connectivity index (χ4n) is 6.62. The van der Waals surface area contributed by atoms with Crippen molar-refractivity contribution in [3.8, 4) is 33.4 Å². The third kappa shape index (κ3) is 6.20. The minimum Gasteiger partial charge on any atom is -0.345 e. The molecule has 0 bridgehead atoms. The van der Waals surface area contributed by atoms with Crippen LogP contribution in [-0.2, 0) is 0 Å². The van der Waals surface area contributed by atoms with Crippen LogP contribution in [0.25, 0.3) is 44.2 Å². The summed E-state index contributed by atoms with van der Waals surface area (Å²) in [5, 5.41) is 2.44. The first-order chi connectivity index (χ1) is 24.2. The van der Waals surface area contributed by atoms with Gasteiger partial charge in [-0.1, -0.05) is 146 Å². The molecule has 8 rings (SSSR count). The van der Waals surface area contributed by atoms with Gasteiger partial charge >= 0.3 is 0 Å². The van der Waals surface area contributed by atoms with Crippen LogP contribution >= 0.6 is 0 Å². The van der Waals surface area contributed by atoms with E-state index >= 15 is 0 Å². The number of hydrogen-bond acceptors (Lipinski definition) is 2. The quantitative estimate of drug-likeness (QED) is 0.165. The Kier molecular flexibility index (Phi) is 8.19. The first-order valence-corrected chi connectivity index (χ1v) is 16.7. The molecule has 0 unspecified atom stereocenters. The second kappa shape index (κ2) is 13.4. The molecule has 0 aliphatic rings. The number of benzene rings is 8. The summed E-state index contributed by atoms with van der Waals surface area (Å²) in [4.78, 5) is 4.60. The summed E-state index contributed by atoms with van der Waals surface area (Å²) in [6.07, 6.45) is 0. The van der Waals surface area contributed by atoms with Crippen molar-refractivity contribution in [2.24, 2.45) is 0 Å². The highest BCUT2D eigenvalue weighted by Gasteiger charge is 2.16. The van der Waals surface area contributed by atoms with Crippen LogP contribution in [0.3, 0.4) is 0 Å². The molecule has 0 heterocycles. The van der Waals surface area contributed by atoms with Gasteiger partial charge in [-0.05, 0) is 93.4 Å². The van der Waals surface area contributed by atoms with Crippen LogP contribution < -0.4 is 9.80 Å². The minimum atomic E-state index is 1.11. The van der Waals surface area contributed by atoms with E-state index in [4.69, 9.17) is 0 Å². The number of hydrogen-bond donors (Lipinski definition) is 0. The van der Waals surface area contributed by atoms with Crippen molar-refractivity contribution in [3.63, 3.8) is 0 Å². The van der Waals surface area contributed by atoms with E-state index in [0.29, 0.717) is 0 Å². The standard InChI is InChI=1S/C47H36N2/c1-48(45-19-10-18-41(34-45)36-14-6-3-7-15-36)42-28-22-38(23-29-42)39-26-32-44(33-27-39)49(47-21-11-17-40-16-8-9-20-46(40)47)43-30-24-37(25-31-43)35-12-4-2-5-13-35/h2-34H,1H3. The van der Waals surface area contributed by atoms with Crippen LogP contribution in [-0.4, -0.2) is 7.05 Å². The van der Waals surface area contributed by atoms with Crippen LogP contribution in [0.1, 0.15) is 0 Å². The van der Waals surface area contributed by atoms with Crippen molar-refractivity contribution >= 4 is 39.2 Å². The van der Waals surface area contributed by atoms with E-state index in [1.165, 1.54) is 44.2 Å². The lowest BCUT2D eigenvalue weighted by Gasteiger charge is -2.27. The molecule has 0 amide bonds. The Morgan fingerprint density at radius 2 is 0.735 bits per heavy atom. The lowest BCUT2D eigenvalue weighted by atomic mass is 10.0. The van der Waals surface area contributed by atoms with Gasteiger partial charge in [0, 0.05) is 35.2 Å². The molecule has 0 aliphatic heterocycles. The first-order valence-electron chi connectivity index (χ1n) is 16.7. The summed E-state index contributed by atoms with van der Waals surface area (Å²) < 4.78 is 0. The van der Waals surface area contributed by atoms with Gasteiger partial charge in [-0.15, -0.1) is 0 Å². The molecule has 0 N–H and O–H groups in total. The summed E-state index contributed by atoms with van der Waals surface area (Å²) in [7, 11) is 2.13. The fraction of sp³-hybridized carbons (Fsp3) is 0.0213. The molecule has 8 aromatic rings. The van der Waals surface area contributed by atoms with Gasteiger partial charge in [-0.25, -0.2) is 0 Å². The minimum absolute atomic E-state index is 1.11. The number of fused-ring (bicyclic) bond motifs is 1. The van der Waals surface area contributed by atoms with Crippen molar-refractivity contribution in [1.29, 1.82) is 0 Å². The topological polar surface area (TPSA) is 6.48 Å². The molecule has 2 heteroatoms. The monoisotopic (exact) mass is 628 g/mol. The summed E-state index contributed by atoms with van der Waals surface area (Å²) in [6, 6.07) is 71.6. The van der Waals surface area contributed by atoms with Crippen molar-refractivity contribution in [2.75, 3.05) is 16.8 Å². The highest BCUT2D eigenvalue weighted by atomic mass is 15.1. The number of rotatable bonds is 8. The summed E-state index contributed by atoms with van der Waals surface area (Å²) in [5.74, 6) is 0. The van der Waals surface area contributed by atoms with Gasteiger partial charge in [0.15, 0.2) is 0 Å². The lowest BCUT2D eigenvalue weighted by Crippen LogP contribution is -2.10. The average Bonchev–Trinajstić information content (AvgIpc) is 3.19. The predicted octanol–water partition coefficient (Wildman–Crippen LogP) is 13.1. The van der Waals surface area contributed by atoms with Gasteiger partial charge in [0.2, 0.25) is 0 Å². The SMILES string of the molecule is CN(c1ccc(-c2ccc(N(c3ccc(-c4ccccc4)cc3)c3cccc4ccccc34)cc2)cc1)c1cccc(-c2ccccc2)c1. The lowest BCUT2D eigenvalue weighted by molar-refractivity contribution is 1.21. The molecule has 0 spiro atoms. The Hall–Kier alpha value is -6.38. The fourth-order valence-corrected chi connectivity index (χ4v) is 6.62. The highest BCUT2D eigenvalue weighted by Crippen LogP contribution is 2.40. The van der Waals surface area contributed by atoms with Crippen molar-refractivity contribution in [1.82, 2.24) is 0 Å². The Bertz CT molecular complexity index is 2300. The summed E-state index contributed by atoms with van der Waals surface area (Å²) in [6.45, 7) is 0. The molecule has 0 fully saturated rings. The molecule has 0 saturated heterocycles. The zero-order chi connectivity index (χ0) is 33.0. The Morgan fingerprint density at radius 3 is 1.33 bits per heavy atom. The van der Waals surface area contributed by atoms with Crippen LogP contribution in [0.4, 0.5) is 28.4 Å². The maximum absolute atomic E-state index is 2.36. The predicted molar refractivity (Wildman–Crippen MR) is 209 cm³/mol. The van der Waals surface area contributed by atoms with Crippen LogP contribution in [0.2, 0.25) is 0 Å². The highest BCUT2D eigenvalue weighted by molar-refractivity contribution is 5.99. The zero-order valence-electron chi connectivity index (χ0n) is 27.4. The molecule has 234 valence electrons. The second-order valence-corrected chi connectivity index (χ2v) is 12.3. The van der Waals surface area contributed by atoms with Gasteiger partial charge in [-0.3, -0.25) is 0 Å². The molecular formula is C47H36N2. The van der Waals surface area contributed by atoms with Gasteiger partial charge in [0.05, 0.1) is 5.69 Å². The molecular weight excluding hydrogens is 593 g/mol. The summed E-state index contributed by atoms with van der Waals surface area (Å²) >= 11 is 0. The van der Waals surface area contributed by atoms with E-state index in [2.05, 4.69) is 217 Å². The van der Waals surface area contributed by atoms with E-state index in [0.717, 1.165) is 28.4 Å². The largest absolute Gasteiger partial charge is 0.345 e. The molecule has 0 aromatic heterocycles. The Balaban J connectivity index is 1.09. The molecule has 0 radical (unpaired) electrons. The maximum Gasteiger partial charge on any atom is 0.0540 e. The Labute approximate surface area is 288 Å². The van der Waals surface area contributed by atoms with Crippen LogP contribution in [0.15, 0.2) is 200 Å². The van der Waals surface area contributed by atoms with E-state index in [9.17, 15) is 0 Å². The normalized spacial score (nSPS) is 11.0. The van der Waals surface area contributed by atoms with E-state index in [1.54, 1.807) is 0 Å².